The van der Waals surface area contributed by atoms with Crippen molar-refractivity contribution >= 4 is 11.6 Å². The molecule has 3 aromatic heterocycles. The van der Waals surface area contributed by atoms with E-state index in [1.165, 1.54) is 5.56 Å². The molecule has 1 aliphatic heterocycles. The highest BCUT2D eigenvalue weighted by Gasteiger charge is 2.20. The second-order valence-corrected chi connectivity index (χ2v) is 6.39. The van der Waals surface area contributed by atoms with Gasteiger partial charge in [0.15, 0.2) is 0 Å². The number of pyridine rings is 2. The van der Waals surface area contributed by atoms with Crippen LogP contribution in [0.2, 0.25) is 0 Å². The maximum Gasteiger partial charge on any atom is 0.255 e. The molecule has 1 amide bonds. The quantitative estimate of drug-likeness (QED) is 0.735. The molecule has 0 unspecified atom stereocenters. The second-order valence-electron chi connectivity index (χ2n) is 6.39. The Morgan fingerprint density at radius 2 is 1.88 bits per heavy atom. The summed E-state index contributed by atoms with van der Waals surface area (Å²) in [6.45, 7) is 4.36. The fourth-order valence-corrected chi connectivity index (χ4v) is 3.31. The van der Waals surface area contributed by atoms with Gasteiger partial charge in [0.1, 0.15) is 5.65 Å². The maximum atomic E-state index is 12.8. The molecule has 1 saturated heterocycles. The largest absolute Gasteiger partial charge is 0.337 e. The van der Waals surface area contributed by atoms with Gasteiger partial charge in [-0.2, -0.15) is 0 Å². The number of hydrogen-bond donors (Lipinski definition) is 0. The van der Waals surface area contributed by atoms with Gasteiger partial charge in [0.25, 0.3) is 5.91 Å². The van der Waals surface area contributed by atoms with E-state index in [1.807, 2.05) is 58.4 Å². The Labute approximate surface area is 146 Å². The van der Waals surface area contributed by atoms with Crippen LogP contribution < -0.4 is 0 Å². The lowest BCUT2D eigenvalue weighted by Gasteiger charge is -2.22. The molecule has 6 nitrogen and oxygen atoms in total. The molecule has 1 fully saturated rings. The molecular weight excluding hydrogens is 314 g/mol. The molecule has 0 N–H and O–H groups in total. The first-order valence-electron chi connectivity index (χ1n) is 8.63. The van der Waals surface area contributed by atoms with Crippen LogP contribution in [0.25, 0.3) is 5.65 Å². The van der Waals surface area contributed by atoms with Crippen LogP contribution in [0.4, 0.5) is 0 Å². The molecule has 0 atom stereocenters. The minimum Gasteiger partial charge on any atom is -0.337 e. The zero-order valence-corrected chi connectivity index (χ0v) is 14.1. The van der Waals surface area contributed by atoms with Crippen LogP contribution >= 0.6 is 0 Å². The van der Waals surface area contributed by atoms with Crippen LogP contribution in [0, 0.1) is 0 Å². The molecule has 3 aromatic rings. The van der Waals surface area contributed by atoms with Crippen molar-refractivity contribution < 1.29 is 4.79 Å². The number of rotatable bonds is 3. The molecule has 0 radical (unpaired) electrons. The van der Waals surface area contributed by atoms with Gasteiger partial charge in [0.05, 0.1) is 5.56 Å². The van der Waals surface area contributed by atoms with Crippen molar-refractivity contribution in [3.8, 4) is 0 Å². The first-order chi connectivity index (χ1) is 12.3. The van der Waals surface area contributed by atoms with Gasteiger partial charge in [-0.3, -0.25) is 14.7 Å². The van der Waals surface area contributed by atoms with Gasteiger partial charge < -0.3 is 9.30 Å². The Hall–Kier alpha value is -2.73. The molecule has 6 heteroatoms. The molecule has 0 bridgehead atoms. The second kappa shape index (κ2) is 7.03. The lowest BCUT2D eigenvalue weighted by Crippen LogP contribution is -2.35. The number of nitrogens with zero attached hydrogens (tertiary/aromatic N) is 5. The lowest BCUT2D eigenvalue weighted by atomic mass is 10.2. The van der Waals surface area contributed by atoms with E-state index in [2.05, 4.69) is 14.9 Å². The van der Waals surface area contributed by atoms with Crippen molar-refractivity contribution in [2.75, 3.05) is 26.2 Å². The predicted octanol–water partition coefficient (Wildman–Crippen LogP) is 2.08. The third-order valence-electron chi connectivity index (χ3n) is 4.67. The van der Waals surface area contributed by atoms with E-state index in [1.54, 1.807) is 6.20 Å². The first-order valence-corrected chi connectivity index (χ1v) is 8.63. The van der Waals surface area contributed by atoms with Crippen LogP contribution in [0.1, 0.15) is 22.3 Å². The summed E-state index contributed by atoms with van der Waals surface area (Å²) in [5.74, 6) is 0.0985. The van der Waals surface area contributed by atoms with Crippen molar-refractivity contribution in [1.82, 2.24) is 24.2 Å². The van der Waals surface area contributed by atoms with Gasteiger partial charge in [0, 0.05) is 63.7 Å². The average molecular weight is 335 g/mol. The van der Waals surface area contributed by atoms with E-state index >= 15 is 0 Å². The molecule has 1 aliphatic rings. The maximum absolute atomic E-state index is 12.8. The summed E-state index contributed by atoms with van der Waals surface area (Å²) >= 11 is 0. The smallest absolute Gasteiger partial charge is 0.255 e. The minimum atomic E-state index is 0.0985. The van der Waals surface area contributed by atoms with Crippen LogP contribution in [-0.4, -0.2) is 56.3 Å². The van der Waals surface area contributed by atoms with E-state index in [-0.39, 0.29) is 5.91 Å². The number of amides is 1. The number of aromatic nitrogens is 3. The Morgan fingerprint density at radius 1 is 1.00 bits per heavy atom. The molecule has 25 heavy (non-hydrogen) atoms. The standard InChI is InChI=1S/C19H21N5O/c25-19(17-2-3-18-21-8-11-24(18)15-17)23-10-1-9-22(12-13-23)14-16-4-6-20-7-5-16/h2-8,11,15H,1,9-10,12-14H2. The normalized spacial score (nSPS) is 16.1. The number of imidazole rings is 1. The van der Waals surface area contributed by atoms with Gasteiger partial charge >= 0.3 is 0 Å². The summed E-state index contributed by atoms with van der Waals surface area (Å²) in [7, 11) is 0. The van der Waals surface area contributed by atoms with Crippen LogP contribution in [0.5, 0.6) is 0 Å². The summed E-state index contributed by atoms with van der Waals surface area (Å²) in [6, 6.07) is 7.85. The van der Waals surface area contributed by atoms with Crippen molar-refractivity contribution in [1.29, 1.82) is 0 Å². The molecule has 0 aliphatic carbocycles. The predicted molar refractivity (Wildman–Crippen MR) is 95.2 cm³/mol. The SMILES string of the molecule is O=C(c1ccc2nccn2c1)N1CCCN(Cc2ccncc2)CC1. The fraction of sp³-hybridized carbons (Fsp3) is 0.316. The first kappa shape index (κ1) is 15.8. The monoisotopic (exact) mass is 335 g/mol. The number of carbonyl (C=O) groups excluding carboxylic acids is 1. The Balaban J connectivity index is 1.42. The summed E-state index contributed by atoms with van der Waals surface area (Å²) in [6.07, 6.45) is 10.1. The molecule has 0 saturated carbocycles. The molecule has 4 rings (SSSR count). The van der Waals surface area contributed by atoms with E-state index in [0.29, 0.717) is 5.56 Å². The summed E-state index contributed by atoms with van der Waals surface area (Å²) in [4.78, 5) is 25.5. The van der Waals surface area contributed by atoms with Crippen molar-refractivity contribution in [2.24, 2.45) is 0 Å². The van der Waals surface area contributed by atoms with Crippen molar-refractivity contribution in [2.45, 2.75) is 13.0 Å². The minimum absolute atomic E-state index is 0.0985. The third-order valence-corrected chi connectivity index (χ3v) is 4.67. The van der Waals surface area contributed by atoms with E-state index in [4.69, 9.17) is 0 Å². The summed E-state index contributed by atoms with van der Waals surface area (Å²) in [5.41, 5.74) is 2.84. The van der Waals surface area contributed by atoms with Gasteiger partial charge in [0.2, 0.25) is 0 Å². The topological polar surface area (TPSA) is 53.7 Å². The highest BCUT2D eigenvalue weighted by atomic mass is 16.2. The molecular formula is C19H21N5O. The van der Waals surface area contributed by atoms with Crippen LogP contribution in [0.3, 0.4) is 0 Å². The van der Waals surface area contributed by atoms with Crippen LogP contribution in [-0.2, 0) is 6.54 Å². The summed E-state index contributed by atoms with van der Waals surface area (Å²) < 4.78 is 1.89. The molecule has 128 valence electrons. The average Bonchev–Trinajstić information content (AvgIpc) is 3.00. The Kier molecular flexibility index (Phi) is 4.43. The van der Waals surface area contributed by atoms with E-state index < -0.39 is 0 Å². The van der Waals surface area contributed by atoms with Crippen LogP contribution in [0.15, 0.2) is 55.2 Å². The zero-order chi connectivity index (χ0) is 17.1. The third kappa shape index (κ3) is 3.53. The van der Waals surface area contributed by atoms with E-state index in [9.17, 15) is 4.79 Å². The van der Waals surface area contributed by atoms with Gasteiger partial charge in [-0.1, -0.05) is 0 Å². The summed E-state index contributed by atoms with van der Waals surface area (Å²) in [5, 5.41) is 0. The number of fused-ring (bicyclic) bond motifs is 1. The Bertz CT molecular complexity index is 860. The lowest BCUT2D eigenvalue weighted by molar-refractivity contribution is 0.0760. The van der Waals surface area contributed by atoms with E-state index in [0.717, 1.165) is 44.8 Å². The van der Waals surface area contributed by atoms with Gasteiger partial charge in [-0.15, -0.1) is 0 Å². The highest BCUT2D eigenvalue weighted by molar-refractivity contribution is 5.94. The molecule has 0 spiro atoms. The molecule has 0 aromatic carbocycles. The molecule has 4 heterocycles. The fourth-order valence-electron chi connectivity index (χ4n) is 3.31. The Morgan fingerprint density at radius 3 is 2.76 bits per heavy atom. The van der Waals surface area contributed by atoms with Gasteiger partial charge in [-0.05, 0) is 36.2 Å². The van der Waals surface area contributed by atoms with Gasteiger partial charge in [-0.25, -0.2) is 4.98 Å². The van der Waals surface area contributed by atoms with Crippen molar-refractivity contribution in [3.63, 3.8) is 0 Å². The number of hydrogen-bond acceptors (Lipinski definition) is 4. The highest BCUT2D eigenvalue weighted by Crippen LogP contribution is 2.12. The van der Waals surface area contributed by atoms with Crippen molar-refractivity contribution in [3.05, 3.63) is 66.4 Å². The zero-order valence-electron chi connectivity index (χ0n) is 14.1. The number of carbonyl (C=O) groups is 1.